The van der Waals surface area contributed by atoms with Crippen LogP contribution in [0.15, 0.2) is 42.5 Å². The average Bonchev–Trinajstić information content (AvgIpc) is 2.83. The van der Waals surface area contributed by atoms with Gasteiger partial charge in [0, 0.05) is 37.8 Å². The molecule has 0 radical (unpaired) electrons. The van der Waals surface area contributed by atoms with Gasteiger partial charge in [0.2, 0.25) is 0 Å². The lowest BCUT2D eigenvalue weighted by Gasteiger charge is -2.42. The first-order valence-corrected chi connectivity index (χ1v) is 10.3. The molecule has 4 N–H and O–H groups in total. The van der Waals surface area contributed by atoms with Crippen LogP contribution in [0.3, 0.4) is 0 Å². The van der Waals surface area contributed by atoms with Gasteiger partial charge in [-0.3, -0.25) is 14.5 Å². The van der Waals surface area contributed by atoms with E-state index in [1.807, 2.05) is 0 Å². The molecule has 0 aliphatic carbocycles. The number of ether oxygens (including phenoxy) is 1. The molecule has 4 amide bonds. The summed E-state index contributed by atoms with van der Waals surface area (Å²) >= 11 is 0. The summed E-state index contributed by atoms with van der Waals surface area (Å²) in [5, 5.41) is 4.95. The Morgan fingerprint density at radius 3 is 2.58 bits per heavy atom. The van der Waals surface area contributed by atoms with Crippen molar-refractivity contribution in [3.8, 4) is 5.75 Å². The highest BCUT2D eigenvalue weighted by Gasteiger charge is 2.40. The molecule has 1 saturated heterocycles. The molecule has 0 spiro atoms. The molecule has 3 rings (SSSR count). The van der Waals surface area contributed by atoms with Crippen molar-refractivity contribution in [3.63, 3.8) is 0 Å². The topological polar surface area (TPSA) is 117 Å². The number of halogens is 2. The number of carbonyl (C=O) groups excluding carboxylic acids is 3. The Labute approximate surface area is 189 Å². The van der Waals surface area contributed by atoms with E-state index in [1.54, 1.807) is 18.2 Å². The number of rotatable bonds is 6. The summed E-state index contributed by atoms with van der Waals surface area (Å²) in [4.78, 5) is 41.6. The highest BCUT2D eigenvalue weighted by atomic mass is 19.1. The summed E-state index contributed by atoms with van der Waals surface area (Å²) in [6, 6.07) is 8.33. The number of nitrogens with zero attached hydrogens (tertiary/aromatic N) is 2. The Hall–Kier alpha value is -3.73. The van der Waals surface area contributed by atoms with Crippen LogP contribution in [0.4, 0.5) is 19.3 Å². The van der Waals surface area contributed by atoms with Gasteiger partial charge in [-0.15, -0.1) is 0 Å². The first-order chi connectivity index (χ1) is 15.8. The van der Waals surface area contributed by atoms with Crippen LogP contribution in [0.5, 0.6) is 5.75 Å². The maximum absolute atomic E-state index is 14.1. The second kappa shape index (κ2) is 10.7. The second-order valence-electron chi connectivity index (χ2n) is 7.29. The number of carbonyl (C=O) groups is 3. The lowest BCUT2D eigenvalue weighted by atomic mass is 10.1. The zero-order chi connectivity index (χ0) is 24.0. The molecule has 33 heavy (non-hydrogen) atoms. The van der Waals surface area contributed by atoms with Crippen molar-refractivity contribution in [2.75, 3.05) is 38.6 Å². The van der Waals surface area contributed by atoms with Crippen LogP contribution in [0.1, 0.15) is 16.8 Å². The molecule has 0 bridgehead atoms. The SMILES string of the molecule is COc1cccc(C(=O)N2CCCN(C(=O)Nc3ccc(F)cc3F)C2C(=O)NCCN)c1. The zero-order valence-corrected chi connectivity index (χ0v) is 18.0. The smallest absolute Gasteiger partial charge is 0.323 e. The van der Waals surface area contributed by atoms with E-state index in [0.29, 0.717) is 18.2 Å². The number of nitrogens with two attached hydrogens (primary N) is 1. The quantitative estimate of drug-likeness (QED) is 0.606. The third-order valence-electron chi connectivity index (χ3n) is 5.08. The predicted octanol–water partition coefficient (Wildman–Crippen LogP) is 1.75. The van der Waals surface area contributed by atoms with Crippen molar-refractivity contribution in [1.82, 2.24) is 15.1 Å². The lowest BCUT2D eigenvalue weighted by Crippen LogP contribution is -2.64. The van der Waals surface area contributed by atoms with Gasteiger partial charge >= 0.3 is 6.03 Å². The molecule has 1 aliphatic rings. The largest absolute Gasteiger partial charge is 0.497 e. The number of hydrogen-bond donors (Lipinski definition) is 3. The number of nitrogens with one attached hydrogen (secondary N) is 2. The van der Waals surface area contributed by atoms with Crippen LogP contribution in [0.25, 0.3) is 0 Å². The van der Waals surface area contributed by atoms with Gasteiger partial charge in [0.1, 0.15) is 17.4 Å². The van der Waals surface area contributed by atoms with E-state index in [9.17, 15) is 23.2 Å². The molecule has 0 saturated carbocycles. The van der Waals surface area contributed by atoms with Crippen LogP contribution in [0, 0.1) is 11.6 Å². The van der Waals surface area contributed by atoms with Gasteiger partial charge < -0.3 is 26.0 Å². The number of methoxy groups -OCH3 is 1. The van der Waals surface area contributed by atoms with Crippen molar-refractivity contribution < 1.29 is 27.9 Å². The molecule has 176 valence electrons. The Morgan fingerprint density at radius 2 is 1.88 bits per heavy atom. The summed E-state index contributed by atoms with van der Waals surface area (Å²) in [6.45, 7) is 0.649. The number of amides is 4. The van der Waals surface area contributed by atoms with Crippen LogP contribution < -0.4 is 21.1 Å². The molecule has 1 unspecified atom stereocenters. The molecule has 2 aromatic rings. The molecular formula is C22H25F2N5O4. The molecule has 0 aromatic heterocycles. The predicted molar refractivity (Wildman–Crippen MR) is 117 cm³/mol. The lowest BCUT2D eigenvalue weighted by molar-refractivity contribution is -0.132. The van der Waals surface area contributed by atoms with Crippen molar-refractivity contribution in [2.45, 2.75) is 12.6 Å². The van der Waals surface area contributed by atoms with E-state index in [4.69, 9.17) is 10.5 Å². The van der Waals surface area contributed by atoms with Crippen LogP contribution in [-0.4, -0.2) is 67.1 Å². The van der Waals surface area contributed by atoms with Gasteiger partial charge in [0.05, 0.1) is 12.8 Å². The fourth-order valence-electron chi connectivity index (χ4n) is 3.52. The van der Waals surface area contributed by atoms with Gasteiger partial charge in [0.15, 0.2) is 6.17 Å². The molecule has 11 heteroatoms. The maximum Gasteiger partial charge on any atom is 0.323 e. The third-order valence-corrected chi connectivity index (χ3v) is 5.08. The normalized spacial score (nSPS) is 15.7. The highest BCUT2D eigenvalue weighted by Crippen LogP contribution is 2.23. The Morgan fingerprint density at radius 1 is 1.12 bits per heavy atom. The van der Waals surface area contributed by atoms with Crippen molar-refractivity contribution >= 4 is 23.5 Å². The van der Waals surface area contributed by atoms with Gasteiger partial charge in [-0.1, -0.05) is 6.07 Å². The number of benzene rings is 2. The van der Waals surface area contributed by atoms with E-state index in [1.165, 1.54) is 18.1 Å². The second-order valence-corrected chi connectivity index (χ2v) is 7.29. The molecular weight excluding hydrogens is 436 g/mol. The van der Waals surface area contributed by atoms with E-state index in [-0.39, 0.29) is 37.4 Å². The molecule has 2 aromatic carbocycles. The summed E-state index contributed by atoms with van der Waals surface area (Å²) < 4.78 is 32.4. The minimum Gasteiger partial charge on any atom is -0.497 e. The van der Waals surface area contributed by atoms with Crippen LogP contribution in [0.2, 0.25) is 0 Å². The van der Waals surface area contributed by atoms with E-state index in [2.05, 4.69) is 10.6 Å². The molecule has 1 heterocycles. The highest BCUT2D eigenvalue weighted by molar-refractivity contribution is 6.00. The Kier molecular flexibility index (Phi) is 7.78. The first-order valence-electron chi connectivity index (χ1n) is 10.3. The fourth-order valence-corrected chi connectivity index (χ4v) is 3.52. The van der Waals surface area contributed by atoms with E-state index < -0.39 is 35.6 Å². The van der Waals surface area contributed by atoms with E-state index >= 15 is 0 Å². The maximum atomic E-state index is 14.1. The van der Waals surface area contributed by atoms with Crippen LogP contribution >= 0.6 is 0 Å². The minimum absolute atomic E-state index is 0.136. The van der Waals surface area contributed by atoms with Gasteiger partial charge in [0.25, 0.3) is 11.8 Å². The molecule has 1 fully saturated rings. The van der Waals surface area contributed by atoms with Gasteiger partial charge in [-0.25, -0.2) is 13.6 Å². The summed E-state index contributed by atoms with van der Waals surface area (Å²) in [5.74, 6) is -2.38. The monoisotopic (exact) mass is 461 g/mol. The van der Waals surface area contributed by atoms with Crippen molar-refractivity contribution in [3.05, 3.63) is 59.7 Å². The van der Waals surface area contributed by atoms with Crippen molar-refractivity contribution in [1.29, 1.82) is 0 Å². The Balaban J connectivity index is 1.90. The number of anilines is 1. The first kappa shape index (κ1) is 23.9. The summed E-state index contributed by atoms with van der Waals surface area (Å²) in [7, 11) is 1.47. The number of urea groups is 1. The average molecular weight is 461 g/mol. The van der Waals surface area contributed by atoms with E-state index in [0.717, 1.165) is 17.0 Å². The third kappa shape index (κ3) is 5.55. The zero-order valence-electron chi connectivity index (χ0n) is 18.0. The van der Waals surface area contributed by atoms with Gasteiger partial charge in [-0.2, -0.15) is 0 Å². The fraction of sp³-hybridized carbons (Fsp3) is 0.318. The minimum atomic E-state index is -1.30. The standard InChI is InChI=1S/C22H25F2N5O4/c1-33-16-5-2-4-14(12-16)21(31)28-10-3-11-29(20(28)19(30)26-9-8-25)22(32)27-18-7-6-15(23)13-17(18)24/h2,4-7,12-13,20H,3,8-11,25H2,1H3,(H,26,30)(H,27,32). The Bertz CT molecular complexity index is 1040. The van der Waals surface area contributed by atoms with Crippen molar-refractivity contribution in [2.24, 2.45) is 5.73 Å². The van der Waals surface area contributed by atoms with Crippen LogP contribution in [-0.2, 0) is 4.79 Å². The molecule has 9 nitrogen and oxygen atoms in total. The summed E-state index contributed by atoms with van der Waals surface area (Å²) in [6.07, 6.45) is -0.914. The van der Waals surface area contributed by atoms with Gasteiger partial charge in [-0.05, 0) is 36.8 Å². The molecule has 1 aliphatic heterocycles. The number of hydrogen-bond acceptors (Lipinski definition) is 5. The molecule has 1 atom stereocenters. The summed E-state index contributed by atoms with van der Waals surface area (Å²) in [5.41, 5.74) is 5.50.